The molecule has 0 aliphatic carbocycles. The Bertz CT molecular complexity index is 2190. The van der Waals surface area contributed by atoms with Gasteiger partial charge < -0.3 is 0 Å². The maximum atomic E-state index is 15.4. The summed E-state index contributed by atoms with van der Waals surface area (Å²) in [5.74, 6) is -71.4. The zero-order valence-corrected chi connectivity index (χ0v) is 32.3. The Morgan fingerprint density at radius 1 is 0.156 bits per heavy atom. The van der Waals surface area contributed by atoms with E-state index in [0.717, 1.165) is 0 Å². The summed E-state index contributed by atoms with van der Waals surface area (Å²) in [5, 5.41) is 0. The SMILES string of the molecule is Fc1c(F)c(F)c([B-](c2c(F)c(F)c(F)c(F)c2F)(c2c(F)c(F)c(F)c(F)c2F)c2c(F)c(F)c(F)c(F)c2F)c(F)c1F.[Ag+].c1ccccc1.c1ccccc1.c1ccccc1. The van der Waals surface area contributed by atoms with Crippen LogP contribution in [-0.2, 0) is 22.4 Å². The Morgan fingerprint density at radius 2 is 0.234 bits per heavy atom. The topological polar surface area (TPSA) is 0 Å². The van der Waals surface area contributed by atoms with Crippen molar-refractivity contribution in [1.82, 2.24) is 0 Å². The van der Waals surface area contributed by atoms with Gasteiger partial charge in [-0.3, -0.25) is 0 Å². The van der Waals surface area contributed by atoms with Gasteiger partial charge in [0.1, 0.15) is 52.7 Å². The normalized spacial score (nSPS) is 10.7. The minimum Gasteiger partial charge on any atom is -0.207 e. The molecule has 0 atom stereocenters. The predicted molar refractivity (Wildman–Crippen MR) is 189 cm³/mol. The van der Waals surface area contributed by atoms with Gasteiger partial charge in [0.2, 0.25) is 0 Å². The van der Waals surface area contributed by atoms with Gasteiger partial charge in [-0.15, -0.1) is 21.9 Å². The van der Waals surface area contributed by atoms with Crippen LogP contribution in [0.4, 0.5) is 87.8 Å². The van der Waals surface area contributed by atoms with Crippen molar-refractivity contribution < 1.29 is 110 Å². The summed E-state index contributed by atoms with van der Waals surface area (Å²) >= 11 is 0. The summed E-state index contributed by atoms with van der Waals surface area (Å²) in [6.45, 7) is 0. The van der Waals surface area contributed by atoms with Gasteiger partial charge in [-0.25, -0.2) is 87.8 Å². The molecule has 22 heteroatoms. The third-order valence-corrected chi connectivity index (χ3v) is 8.71. The predicted octanol–water partition coefficient (Wildman–Crippen LogP) is 10.9. The van der Waals surface area contributed by atoms with Gasteiger partial charge >= 0.3 is 22.4 Å². The number of halogens is 20. The molecular weight excluding hydrogens is 1000 g/mol. The van der Waals surface area contributed by atoms with Crippen molar-refractivity contribution in [3.8, 4) is 0 Å². The summed E-state index contributed by atoms with van der Waals surface area (Å²) in [7, 11) is 0. The molecule has 0 bridgehead atoms. The second kappa shape index (κ2) is 22.0. The third kappa shape index (κ3) is 9.70. The van der Waals surface area contributed by atoms with E-state index >= 15 is 35.1 Å². The fourth-order valence-electron chi connectivity index (χ4n) is 6.03. The molecule has 0 saturated heterocycles. The molecule has 0 radical (unpaired) electrons. The van der Waals surface area contributed by atoms with Gasteiger partial charge in [-0.1, -0.05) is 109 Å². The molecule has 0 saturated carbocycles. The summed E-state index contributed by atoms with van der Waals surface area (Å²) in [5.41, 5.74) is -14.3. The van der Waals surface area contributed by atoms with E-state index in [0.29, 0.717) is 0 Å². The molecule has 0 fully saturated rings. The van der Waals surface area contributed by atoms with Crippen LogP contribution in [-0.4, -0.2) is 6.15 Å². The van der Waals surface area contributed by atoms with Crippen LogP contribution in [0.3, 0.4) is 0 Å². The third-order valence-electron chi connectivity index (χ3n) is 8.71. The molecule has 0 N–H and O–H groups in total. The molecule has 0 amide bonds. The zero-order chi connectivity index (χ0) is 47.1. The van der Waals surface area contributed by atoms with Crippen molar-refractivity contribution in [2.45, 2.75) is 0 Å². The van der Waals surface area contributed by atoms with E-state index in [1.54, 1.807) is 0 Å². The Kier molecular flexibility index (Phi) is 18.0. The number of hydrogen-bond acceptors (Lipinski definition) is 0. The van der Waals surface area contributed by atoms with Crippen LogP contribution in [0.5, 0.6) is 0 Å². The average Bonchev–Trinajstić information content (AvgIpc) is 3.31. The molecule has 0 aliphatic rings. The Labute approximate surface area is 362 Å². The van der Waals surface area contributed by atoms with Crippen molar-refractivity contribution in [2.24, 2.45) is 0 Å². The first-order chi connectivity index (χ1) is 29.7. The summed E-state index contributed by atoms with van der Waals surface area (Å²) in [4.78, 5) is 0. The first kappa shape index (κ1) is 52.3. The van der Waals surface area contributed by atoms with Crippen LogP contribution in [0, 0.1) is 116 Å². The maximum absolute atomic E-state index is 15.4. The summed E-state index contributed by atoms with van der Waals surface area (Å²) < 4.78 is 294. The first-order valence-electron chi connectivity index (χ1n) is 16.9. The Hall–Kier alpha value is -6.05. The Morgan fingerprint density at radius 3 is 0.328 bits per heavy atom. The average molecular weight is 1020 g/mol. The van der Waals surface area contributed by atoms with Gasteiger partial charge in [-0.05, 0) is 0 Å². The van der Waals surface area contributed by atoms with Gasteiger partial charge in [0.25, 0.3) is 0 Å². The second-order valence-corrected chi connectivity index (χ2v) is 12.3. The molecule has 340 valence electrons. The standard InChI is InChI=1S/C24BF20.3C6H6.Ag/c26-5-1(6(27)14(35)21(42)13(5)34)25(2-7(28)15(36)22(43)16(37)8(2)29,3-9(30)17(38)23(44)18(39)10(3)31)4-11(32)19(40)24(45)20(41)12(4)33;3*1-2-4-6-5-3-1;/h;3*1-6H;/q-1;;;;+1. The fraction of sp³-hybridized carbons (Fsp3) is 0. The van der Waals surface area contributed by atoms with Crippen molar-refractivity contribution in [1.29, 1.82) is 0 Å². The molecule has 7 rings (SSSR count). The minimum absolute atomic E-state index is 0. The van der Waals surface area contributed by atoms with E-state index in [1.807, 2.05) is 109 Å². The quantitative estimate of drug-likeness (QED) is 0.0713. The zero-order valence-electron chi connectivity index (χ0n) is 30.8. The van der Waals surface area contributed by atoms with Crippen LogP contribution in [0.25, 0.3) is 0 Å². The van der Waals surface area contributed by atoms with Crippen LogP contribution in [0.2, 0.25) is 0 Å². The second-order valence-electron chi connectivity index (χ2n) is 12.3. The summed E-state index contributed by atoms with van der Waals surface area (Å²) in [6.07, 6.45) is -7.22. The van der Waals surface area contributed by atoms with Gasteiger partial charge in [0.05, 0.1) is 0 Å². The van der Waals surface area contributed by atoms with E-state index < -0.39 is 144 Å². The monoisotopic (exact) mass is 1020 g/mol. The van der Waals surface area contributed by atoms with Gasteiger partial charge in [0.15, 0.2) is 69.8 Å². The molecule has 0 nitrogen and oxygen atoms in total. The molecule has 0 aliphatic heterocycles. The van der Waals surface area contributed by atoms with E-state index in [1.165, 1.54) is 0 Å². The van der Waals surface area contributed by atoms with Gasteiger partial charge in [0, 0.05) is 0 Å². The van der Waals surface area contributed by atoms with Crippen LogP contribution >= 0.6 is 0 Å². The Balaban J connectivity index is 0.000000468. The molecule has 7 aromatic rings. The van der Waals surface area contributed by atoms with Crippen molar-refractivity contribution in [3.63, 3.8) is 0 Å². The minimum atomic E-state index is -7.22. The smallest absolute Gasteiger partial charge is 0.207 e. The van der Waals surface area contributed by atoms with E-state index in [9.17, 15) is 52.7 Å². The molecule has 0 spiro atoms. The maximum Gasteiger partial charge on any atom is 1.00 e. The number of hydrogen-bond donors (Lipinski definition) is 0. The number of rotatable bonds is 4. The largest absolute Gasteiger partial charge is 1.00 e. The van der Waals surface area contributed by atoms with E-state index in [2.05, 4.69) is 0 Å². The van der Waals surface area contributed by atoms with Crippen LogP contribution < -0.4 is 21.9 Å². The van der Waals surface area contributed by atoms with Gasteiger partial charge in [-0.2, -0.15) is 0 Å². The van der Waals surface area contributed by atoms with E-state index in [4.69, 9.17) is 0 Å². The van der Waals surface area contributed by atoms with Crippen LogP contribution in [0.15, 0.2) is 109 Å². The molecule has 0 heterocycles. The molecule has 7 aromatic carbocycles. The molecule has 0 unspecified atom stereocenters. The van der Waals surface area contributed by atoms with Crippen molar-refractivity contribution >= 4 is 28.0 Å². The van der Waals surface area contributed by atoms with Crippen molar-refractivity contribution in [2.75, 3.05) is 0 Å². The first-order valence-corrected chi connectivity index (χ1v) is 16.9. The van der Waals surface area contributed by atoms with Crippen molar-refractivity contribution in [3.05, 3.63) is 226 Å². The molecular formula is C42H18AgBF20. The van der Waals surface area contributed by atoms with Crippen LogP contribution in [0.1, 0.15) is 0 Å². The molecule has 64 heavy (non-hydrogen) atoms. The fourth-order valence-corrected chi connectivity index (χ4v) is 6.03. The number of benzene rings is 7. The van der Waals surface area contributed by atoms with E-state index in [-0.39, 0.29) is 22.4 Å². The summed E-state index contributed by atoms with van der Waals surface area (Å²) in [6, 6.07) is 36.0. The molecule has 0 aromatic heterocycles.